The Hall–Kier alpha value is -2.57. The maximum Gasteiger partial charge on any atom is 0.129 e. The van der Waals surface area contributed by atoms with Gasteiger partial charge in [0.2, 0.25) is 0 Å². The molecule has 0 radical (unpaired) electrons. The van der Waals surface area contributed by atoms with Gasteiger partial charge in [-0.2, -0.15) is 0 Å². The zero-order chi connectivity index (χ0) is 23.7. The van der Waals surface area contributed by atoms with Crippen LogP contribution in [0.4, 0.5) is 0 Å². The number of nitrogens with zero attached hydrogens (tertiary/aromatic N) is 3. The average Bonchev–Trinajstić information content (AvgIpc) is 3.43. The van der Waals surface area contributed by atoms with Gasteiger partial charge in [-0.15, -0.1) is 11.8 Å². The summed E-state index contributed by atoms with van der Waals surface area (Å²) in [6.45, 7) is 5.59. The lowest BCUT2D eigenvalue weighted by atomic mass is 9.95. The van der Waals surface area contributed by atoms with Crippen molar-refractivity contribution in [1.29, 1.82) is 5.41 Å². The second-order valence-corrected chi connectivity index (χ2v) is 10.9. The van der Waals surface area contributed by atoms with Crippen LogP contribution in [0.2, 0.25) is 0 Å². The molecule has 1 aliphatic heterocycles. The molecule has 0 unspecified atom stereocenters. The number of amidine groups is 1. The molecule has 5 nitrogen and oxygen atoms in total. The van der Waals surface area contributed by atoms with E-state index in [1.165, 1.54) is 31.5 Å². The van der Waals surface area contributed by atoms with Gasteiger partial charge in [0.05, 0.1) is 18.5 Å². The first kappa shape index (κ1) is 23.2. The van der Waals surface area contributed by atoms with E-state index in [1.807, 2.05) is 54.9 Å². The standard InChI is InChI=1S/C28H34N4OS/c1-20-8-13-24-25(6-4-7-26(24)30-20)27(29)31(2)19-34-15-5-14-32-17-22-16-28(22,18-32)21-9-11-23(33-3)12-10-21/h4,6-13,22,29H,5,14-19H2,1-3H3/t22-,28+/m1/s1. The molecule has 1 aromatic heterocycles. The minimum absolute atomic E-state index is 0.389. The second-order valence-electron chi connectivity index (χ2n) is 9.78. The Labute approximate surface area is 207 Å². The SMILES string of the molecule is COc1ccc([C@@]23C[C@@H]2CN(CCCSCN(C)C(=N)c2cccc4nc(C)ccc24)C3)cc1. The third-order valence-electron chi connectivity index (χ3n) is 7.44. The summed E-state index contributed by atoms with van der Waals surface area (Å²) < 4.78 is 5.32. The number of fused-ring (bicyclic) bond motifs is 2. The predicted molar refractivity (Wildman–Crippen MR) is 142 cm³/mol. The summed E-state index contributed by atoms with van der Waals surface area (Å²) in [6, 6.07) is 18.9. The fourth-order valence-electron chi connectivity index (χ4n) is 5.45. The van der Waals surface area contributed by atoms with Crippen molar-refractivity contribution in [3.8, 4) is 5.75 Å². The molecule has 5 rings (SSSR count). The first-order valence-electron chi connectivity index (χ1n) is 12.1. The lowest BCUT2D eigenvalue weighted by molar-refractivity contribution is 0.299. The van der Waals surface area contributed by atoms with Crippen LogP contribution in [0.5, 0.6) is 5.75 Å². The molecule has 1 saturated heterocycles. The number of pyridine rings is 1. The van der Waals surface area contributed by atoms with Gasteiger partial charge < -0.3 is 14.5 Å². The molecule has 178 valence electrons. The number of aryl methyl sites for hydroxylation is 1. The molecule has 2 aromatic carbocycles. The smallest absolute Gasteiger partial charge is 0.129 e. The molecule has 0 bridgehead atoms. The molecule has 0 spiro atoms. The fraction of sp³-hybridized carbons (Fsp3) is 0.429. The van der Waals surface area contributed by atoms with E-state index < -0.39 is 0 Å². The average molecular weight is 475 g/mol. The second kappa shape index (κ2) is 9.59. The van der Waals surface area contributed by atoms with E-state index in [2.05, 4.69) is 40.2 Å². The van der Waals surface area contributed by atoms with Crippen LogP contribution in [0.25, 0.3) is 10.9 Å². The lowest BCUT2D eigenvalue weighted by Gasteiger charge is -2.22. The van der Waals surface area contributed by atoms with E-state index in [1.54, 1.807) is 7.11 Å². The van der Waals surface area contributed by atoms with Crippen molar-refractivity contribution in [2.75, 3.05) is 45.4 Å². The Kier molecular flexibility index (Phi) is 6.54. The minimum atomic E-state index is 0.389. The van der Waals surface area contributed by atoms with Crippen LogP contribution < -0.4 is 4.74 Å². The summed E-state index contributed by atoms with van der Waals surface area (Å²) >= 11 is 1.92. The van der Waals surface area contributed by atoms with Gasteiger partial charge in [-0.05, 0) is 67.8 Å². The monoisotopic (exact) mass is 474 g/mol. The van der Waals surface area contributed by atoms with Gasteiger partial charge in [0.15, 0.2) is 0 Å². The van der Waals surface area contributed by atoms with Crippen molar-refractivity contribution < 1.29 is 4.74 Å². The van der Waals surface area contributed by atoms with E-state index in [0.717, 1.165) is 52.0 Å². The number of thioether (sulfide) groups is 1. The summed E-state index contributed by atoms with van der Waals surface area (Å²) in [7, 11) is 3.74. The van der Waals surface area contributed by atoms with Gasteiger partial charge in [-0.1, -0.05) is 30.3 Å². The summed E-state index contributed by atoms with van der Waals surface area (Å²) in [5.74, 6) is 4.26. The van der Waals surface area contributed by atoms with Crippen LogP contribution in [-0.4, -0.2) is 66.0 Å². The van der Waals surface area contributed by atoms with Crippen molar-refractivity contribution in [2.24, 2.45) is 5.92 Å². The zero-order valence-electron chi connectivity index (χ0n) is 20.4. The van der Waals surface area contributed by atoms with Crippen molar-refractivity contribution in [3.63, 3.8) is 0 Å². The van der Waals surface area contributed by atoms with Gasteiger partial charge >= 0.3 is 0 Å². The van der Waals surface area contributed by atoms with E-state index in [0.29, 0.717) is 11.3 Å². The molecule has 2 heterocycles. The van der Waals surface area contributed by atoms with Crippen LogP contribution in [0.1, 0.15) is 29.7 Å². The number of rotatable bonds is 9. The predicted octanol–water partition coefficient (Wildman–Crippen LogP) is 5.16. The molecule has 34 heavy (non-hydrogen) atoms. The number of nitrogens with one attached hydrogen (secondary N) is 1. The molecule has 2 aliphatic rings. The highest BCUT2D eigenvalue weighted by atomic mass is 32.2. The van der Waals surface area contributed by atoms with Gasteiger partial charge in [-0.25, -0.2) is 0 Å². The number of hydrogen-bond donors (Lipinski definition) is 1. The molecular weight excluding hydrogens is 440 g/mol. The number of hydrogen-bond acceptors (Lipinski definition) is 5. The molecule has 2 fully saturated rings. The van der Waals surface area contributed by atoms with Crippen LogP contribution in [0.15, 0.2) is 54.6 Å². The number of ether oxygens (including phenoxy) is 1. The third kappa shape index (κ3) is 4.53. The van der Waals surface area contributed by atoms with Crippen molar-refractivity contribution in [2.45, 2.75) is 25.2 Å². The van der Waals surface area contributed by atoms with Crippen LogP contribution in [0, 0.1) is 18.3 Å². The summed E-state index contributed by atoms with van der Waals surface area (Å²) in [4.78, 5) is 9.31. The maximum absolute atomic E-state index is 8.71. The van der Waals surface area contributed by atoms with E-state index >= 15 is 0 Å². The van der Waals surface area contributed by atoms with Crippen LogP contribution >= 0.6 is 11.8 Å². The van der Waals surface area contributed by atoms with Gasteiger partial charge in [0.25, 0.3) is 0 Å². The number of likely N-dealkylation sites (tertiary alicyclic amines) is 1. The highest BCUT2D eigenvalue weighted by molar-refractivity contribution is 7.99. The highest BCUT2D eigenvalue weighted by Gasteiger charge is 2.60. The number of methoxy groups -OCH3 is 1. The summed E-state index contributed by atoms with van der Waals surface area (Å²) in [6.07, 6.45) is 2.52. The lowest BCUT2D eigenvalue weighted by Crippen LogP contribution is -2.28. The largest absolute Gasteiger partial charge is 0.497 e. The van der Waals surface area contributed by atoms with Crippen molar-refractivity contribution in [1.82, 2.24) is 14.8 Å². The van der Waals surface area contributed by atoms with Crippen molar-refractivity contribution in [3.05, 3.63) is 71.4 Å². The molecule has 0 amide bonds. The van der Waals surface area contributed by atoms with E-state index in [4.69, 9.17) is 10.1 Å². The molecule has 1 N–H and O–H groups in total. The van der Waals surface area contributed by atoms with Gasteiger partial charge in [-0.3, -0.25) is 10.4 Å². The molecule has 2 atom stereocenters. The van der Waals surface area contributed by atoms with Crippen molar-refractivity contribution >= 4 is 28.5 Å². The Morgan fingerprint density at radius 1 is 1.21 bits per heavy atom. The first-order chi connectivity index (χ1) is 16.5. The Morgan fingerprint density at radius 3 is 2.82 bits per heavy atom. The topological polar surface area (TPSA) is 52.5 Å². The summed E-state index contributed by atoms with van der Waals surface area (Å²) in [5, 5.41) is 9.76. The molecule has 6 heteroatoms. The minimum Gasteiger partial charge on any atom is -0.497 e. The Bertz CT molecular complexity index is 1180. The first-order valence-corrected chi connectivity index (χ1v) is 13.3. The third-order valence-corrected chi connectivity index (χ3v) is 8.58. The van der Waals surface area contributed by atoms with E-state index in [9.17, 15) is 0 Å². The molecule has 1 aliphatic carbocycles. The number of aromatic nitrogens is 1. The Morgan fingerprint density at radius 2 is 2.03 bits per heavy atom. The quantitative estimate of drug-likeness (QED) is 0.201. The maximum atomic E-state index is 8.71. The zero-order valence-corrected chi connectivity index (χ0v) is 21.2. The highest BCUT2D eigenvalue weighted by Crippen LogP contribution is 2.59. The Balaban J connectivity index is 1.07. The van der Waals surface area contributed by atoms with Crippen LogP contribution in [-0.2, 0) is 5.41 Å². The molecule has 3 aromatic rings. The van der Waals surface area contributed by atoms with E-state index in [-0.39, 0.29) is 0 Å². The van der Waals surface area contributed by atoms with Crippen LogP contribution in [0.3, 0.4) is 0 Å². The molecule has 1 saturated carbocycles. The fourth-order valence-corrected chi connectivity index (χ4v) is 6.32. The normalized spacial score (nSPS) is 21.4. The number of piperidine rings is 1. The van der Waals surface area contributed by atoms with Gasteiger partial charge in [0.1, 0.15) is 11.6 Å². The summed E-state index contributed by atoms with van der Waals surface area (Å²) in [5.41, 5.74) is 4.78. The van der Waals surface area contributed by atoms with Gasteiger partial charge in [0, 0.05) is 42.2 Å². The molecular formula is C28H34N4OS. The number of benzene rings is 2.